The summed E-state index contributed by atoms with van der Waals surface area (Å²) in [4.78, 5) is 40.7. The Balaban J connectivity index is 2.87. The summed E-state index contributed by atoms with van der Waals surface area (Å²) in [6.45, 7) is 12.5. The highest BCUT2D eigenvalue weighted by atomic mass is 16.6. The zero-order valence-corrected chi connectivity index (χ0v) is 17.0. The number of carbonyl (C=O) groups excluding carboxylic acids is 3. The lowest BCUT2D eigenvalue weighted by atomic mass is 10.2. The average Bonchev–Trinajstić information content (AvgIpc) is 2.89. The predicted molar refractivity (Wildman–Crippen MR) is 99.3 cm³/mol. The molecule has 0 bridgehead atoms. The van der Waals surface area contributed by atoms with Crippen LogP contribution in [-0.4, -0.2) is 59.9 Å². The number of esters is 1. The summed E-state index contributed by atoms with van der Waals surface area (Å²) >= 11 is 0. The summed E-state index contributed by atoms with van der Waals surface area (Å²) in [6.07, 6.45) is 0.268. The van der Waals surface area contributed by atoms with Crippen molar-refractivity contribution in [3.05, 3.63) is 11.6 Å². The van der Waals surface area contributed by atoms with E-state index in [4.69, 9.17) is 14.2 Å². The van der Waals surface area contributed by atoms with Gasteiger partial charge >= 0.3 is 18.2 Å². The van der Waals surface area contributed by atoms with E-state index >= 15 is 0 Å². The van der Waals surface area contributed by atoms with Gasteiger partial charge in [0, 0.05) is 20.0 Å². The highest BCUT2D eigenvalue weighted by Crippen LogP contribution is 2.13. The van der Waals surface area contributed by atoms with Crippen molar-refractivity contribution < 1.29 is 28.6 Å². The third kappa shape index (κ3) is 9.62. The van der Waals surface area contributed by atoms with Gasteiger partial charge in [-0.25, -0.2) is 9.59 Å². The van der Waals surface area contributed by atoms with Crippen molar-refractivity contribution in [2.75, 3.05) is 19.7 Å². The molecule has 2 amide bonds. The number of amides is 2. The van der Waals surface area contributed by atoms with Gasteiger partial charge in [-0.1, -0.05) is 6.08 Å². The lowest BCUT2D eigenvalue weighted by Crippen LogP contribution is -2.46. The van der Waals surface area contributed by atoms with Crippen molar-refractivity contribution in [3.63, 3.8) is 0 Å². The van der Waals surface area contributed by atoms with Gasteiger partial charge in [-0.2, -0.15) is 0 Å². The molecule has 152 valence electrons. The number of nitrogens with zero attached hydrogens (tertiary/aromatic N) is 2. The molecule has 0 aromatic rings. The predicted octanol–water partition coefficient (Wildman–Crippen LogP) is 2.61. The van der Waals surface area contributed by atoms with Crippen LogP contribution >= 0.6 is 0 Å². The van der Waals surface area contributed by atoms with Crippen LogP contribution in [0.5, 0.6) is 0 Å². The maximum absolute atomic E-state index is 12.1. The Morgan fingerprint density at radius 1 is 1.11 bits per heavy atom. The lowest BCUT2D eigenvalue weighted by Gasteiger charge is -2.24. The Kier molecular flexibility index (Phi) is 7.38. The molecule has 9 nitrogen and oxygen atoms in total. The van der Waals surface area contributed by atoms with E-state index < -0.39 is 23.4 Å². The van der Waals surface area contributed by atoms with E-state index in [9.17, 15) is 14.4 Å². The topological polar surface area (TPSA) is 107 Å². The molecule has 0 fully saturated rings. The van der Waals surface area contributed by atoms with E-state index in [0.29, 0.717) is 13.1 Å². The molecule has 0 saturated carbocycles. The monoisotopic (exact) mass is 383 g/mol. The molecule has 27 heavy (non-hydrogen) atoms. The van der Waals surface area contributed by atoms with Crippen LogP contribution in [0.15, 0.2) is 16.6 Å². The summed E-state index contributed by atoms with van der Waals surface area (Å²) in [6, 6.07) is 0. The van der Waals surface area contributed by atoms with Crippen LogP contribution in [0.2, 0.25) is 0 Å². The largest absolute Gasteiger partial charge is 0.461 e. The molecule has 0 saturated heterocycles. The molecule has 1 N–H and O–H groups in total. The SMILES string of the molecule is CC(=O)OCC1=CCN(/C(=N/C(=O)OC(C)(C)C)NC(=O)OC(C)(C)C)C1. The smallest absolute Gasteiger partial charge is 0.437 e. The fourth-order valence-electron chi connectivity index (χ4n) is 2.02. The number of hydrogen-bond acceptors (Lipinski definition) is 6. The van der Waals surface area contributed by atoms with Gasteiger partial charge in [-0.15, -0.1) is 4.99 Å². The number of ether oxygens (including phenoxy) is 3. The molecule has 9 heteroatoms. The van der Waals surface area contributed by atoms with Crippen LogP contribution in [0.3, 0.4) is 0 Å². The number of hydrogen-bond donors (Lipinski definition) is 1. The van der Waals surface area contributed by atoms with Crippen LogP contribution in [0, 0.1) is 0 Å². The van der Waals surface area contributed by atoms with E-state index in [-0.39, 0.29) is 18.5 Å². The van der Waals surface area contributed by atoms with Crippen molar-refractivity contribution in [1.29, 1.82) is 0 Å². The van der Waals surface area contributed by atoms with Crippen LogP contribution in [0.4, 0.5) is 9.59 Å². The van der Waals surface area contributed by atoms with E-state index in [1.165, 1.54) is 6.92 Å². The third-order valence-corrected chi connectivity index (χ3v) is 2.96. The van der Waals surface area contributed by atoms with Gasteiger partial charge in [0.2, 0.25) is 5.96 Å². The highest BCUT2D eigenvalue weighted by molar-refractivity contribution is 5.99. The summed E-state index contributed by atoms with van der Waals surface area (Å²) in [5, 5.41) is 2.49. The zero-order valence-electron chi connectivity index (χ0n) is 17.0. The van der Waals surface area contributed by atoms with E-state index in [1.807, 2.05) is 6.08 Å². The van der Waals surface area contributed by atoms with Crippen molar-refractivity contribution in [2.24, 2.45) is 4.99 Å². The number of carbonyl (C=O) groups is 3. The van der Waals surface area contributed by atoms with Gasteiger partial charge < -0.3 is 19.1 Å². The number of alkyl carbamates (subject to hydrolysis) is 1. The standard InChI is InChI=1S/C18H29N3O6/c1-12(22)25-11-13-8-9-21(10-13)14(19-15(23)26-17(2,3)4)20-16(24)27-18(5,6)7/h8H,9-11H2,1-7H3,(H,19,20,23,24). The highest BCUT2D eigenvalue weighted by Gasteiger charge is 2.25. The van der Waals surface area contributed by atoms with Crippen LogP contribution in [0.1, 0.15) is 48.5 Å². The Bertz CT molecular complexity index is 640. The first kappa shape index (κ1) is 22.5. The van der Waals surface area contributed by atoms with Crippen molar-refractivity contribution >= 4 is 24.1 Å². The lowest BCUT2D eigenvalue weighted by molar-refractivity contribution is -0.140. The minimum atomic E-state index is -0.831. The van der Waals surface area contributed by atoms with Gasteiger partial charge in [-0.05, 0) is 47.1 Å². The Labute approximate surface area is 159 Å². The number of guanidine groups is 1. The van der Waals surface area contributed by atoms with Crippen LogP contribution < -0.4 is 5.32 Å². The zero-order chi connectivity index (χ0) is 20.8. The van der Waals surface area contributed by atoms with E-state index in [1.54, 1.807) is 46.4 Å². The van der Waals surface area contributed by atoms with Gasteiger partial charge in [0.1, 0.15) is 17.8 Å². The van der Waals surface area contributed by atoms with Gasteiger partial charge in [-0.3, -0.25) is 10.1 Å². The van der Waals surface area contributed by atoms with E-state index in [2.05, 4.69) is 10.3 Å². The second-order valence-corrected chi connectivity index (χ2v) is 8.07. The van der Waals surface area contributed by atoms with Crippen LogP contribution in [-0.2, 0) is 19.0 Å². The van der Waals surface area contributed by atoms with E-state index in [0.717, 1.165) is 5.57 Å². The summed E-state index contributed by atoms with van der Waals surface area (Å²) < 4.78 is 15.4. The first-order valence-electron chi connectivity index (χ1n) is 8.63. The first-order chi connectivity index (χ1) is 12.2. The summed E-state index contributed by atoms with van der Waals surface area (Å²) in [5.41, 5.74) is -0.597. The minimum absolute atomic E-state index is 0.00701. The second-order valence-electron chi connectivity index (χ2n) is 8.07. The Hall–Kier alpha value is -2.58. The number of aliphatic imine (C=N–C) groups is 1. The molecular weight excluding hydrogens is 354 g/mol. The molecular formula is C18H29N3O6. The second kappa shape index (κ2) is 8.88. The Morgan fingerprint density at radius 2 is 1.70 bits per heavy atom. The molecule has 0 aliphatic carbocycles. The van der Waals surface area contributed by atoms with Crippen molar-refractivity contribution in [3.8, 4) is 0 Å². The molecule has 1 aliphatic heterocycles. The molecule has 0 aromatic carbocycles. The third-order valence-electron chi connectivity index (χ3n) is 2.96. The molecule has 0 unspecified atom stereocenters. The van der Waals surface area contributed by atoms with Crippen molar-refractivity contribution in [2.45, 2.75) is 59.7 Å². The van der Waals surface area contributed by atoms with Gasteiger partial charge in [0.15, 0.2) is 0 Å². The number of rotatable bonds is 2. The van der Waals surface area contributed by atoms with Gasteiger partial charge in [0.25, 0.3) is 0 Å². The minimum Gasteiger partial charge on any atom is -0.461 e. The van der Waals surface area contributed by atoms with Crippen molar-refractivity contribution in [1.82, 2.24) is 10.2 Å². The summed E-state index contributed by atoms with van der Waals surface area (Å²) in [7, 11) is 0. The average molecular weight is 383 g/mol. The maximum Gasteiger partial charge on any atom is 0.437 e. The fourth-order valence-corrected chi connectivity index (χ4v) is 2.02. The quantitative estimate of drug-likeness (QED) is 0.257. The molecule has 0 spiro atoms. The molecule has 1 heterocycles. The molecule has 0 aromatic heterocycles. The maximum atomic E-state index is 12.1. The molecule has 0 atom stereocenters. The Morgan fingerprint density at radius 3 is 2.22 bits per heavy atom. The van der Waals surface area contributed by atoms with Gasteiger partial charge in [0.05, 0.1) is 0 Å². The fraction of sp³-hybridized carbons (Fsp3) is 0.667. The first-order valence-corrected chi connectivity index (χ1v) is 8.63. The molecule has 1 aliphatic rings. The molecule has 1 rings (SSSR count). The molecule has 0 radical (unpaired) electrons. The van der Waals surface area contributed by atoms with Crippen LogP contribution in [0.25, 0.3) is 0 Å². The normalized spacial score (nSPS) is 15.1. The summed E-state index contributed by atoms with van der Waals surface area (Å²) in [5.74, 6) is -0.378. The number of nitrogens with one attached hydrogen (secondary N) is 1.